The molecule has 1 amide bonds. The lowest BCUT2D eigenvalue weighted by Gasteiger charge is -2.15. The van der Waals surface area contributed by atoms with Gasteiger partial charge in [-0.2, -0.15) is 0 Å². The molecule has 0 aliphatic rings. The number of carboxylic acids is 1. The summed E-state index contributed by atoms with van der Waals surface area (Å²) in [5.41, 5.74) is 0. The van der Waals surface area contributed by atoms with Crippen LogP contribution in [0.15, 0.2) is 12.2 Å². The summed E-state index contributed by atoms with van der Waals surface area (Å²) in [4.78, 5) is 34.5. The molecule has 0 radical (unpaired) electrons. The summed E-state index contributed by atoms with van der Waals surface area (Å²) in [6.07, 6.45) is 35.3. The van der Waals surface area contributed by atoms with Crippen molar-refractivity contribution >= 4 is 17.8 Å². The Kier molecular flexibility index (Phi) is 30.7. The molecule has 0 aromatic rings. The van der Waals surface area contributed by atoms with E-state index in [9.17, 15) is 14.4 Å². The van der Waals surface area contributed by atoms with E-state index in [1.165, 1.54) is 103 Å². The van der Waals surface area contributed by atoms with Gasteiger partial charge in [0.15, 0.2) is 0 Å². The number of rotatable bonds is 32. The second-order valence-corrected chi connectivity index (χ2v) is 12.1. The number of aliphatic carboxylic acids is 1. The van der Waals surface area contributed by atoms with Crippen molar-refractivity contribution in [3.8, 4) is 0 Å². The van der Waals surface area contributed by atoms with Crippen LogP contribution < -0.4 is 5.32 Å². The van der Waals surface area contributed by atoms with Gasteiger partial charge in [-0.25, -0.2) is 0 Å². The van der Waals surface area contributed by atoms with Crippen LogP contribution in [-0.2, 0) is 19.1 Å². The van der Waals surface area contributed by atoms with Gasteiger partial charge >= 0.3 is 11.9 Å². The van der Waals surface area contributed by atoms with E-state index >= 15 is 0 Å². The lowest BCUT2D eigenvalue weighted by atomic mass is 10.0. The largest absolute Gasteiger partial charge is 0.480 e. The Hall–Kier alpha value is -1.85. The normalized spacial score (nSPS) is 12.0. The molecule has 0 rings (SSSR count). The zero-order valence-electron chi connectivity index (χ0n) is 27.6. The quantitative estimate of drug-likeness (QED) is 0.0460. The zero-order valence-corrected chi connectivity index (χ0v) is 27.6. The lowest BCUT2D eigenvalue weighted by Crippen LogP contribution is -2.28. The van der Waals surface area contributed by atoms with Gasteiger partial charge in [0, 0.05) is 12.8 Å². The minimum Gasteiger partial charge on any atom is -0.480 e. The molecule has 6 heteroatoms. The number of ether oxygens (including phenoxy) is 1. The fraction of sp³-hybridized carbons (Fsp3) is 0.861. The minimum absolute atomic E-state index is 0.0901. The zero-order chi connectivity index (χ0) is 30.9. The number of hydrogen-bond donors (Lipinski definition) is 2. The number of carbonyl (C=O) groups is 3. The molecule has 6 nitrogen and oxygen atoms in total. The number of allylic oxidation sites excluding steroid dienone is 1. The fourth-order valence-corrected chi connectivity index (χ4v) is 5.26. The number of carbonyl (C=O) groups excluding carboxylic acids is 2. The number of carboxylic acid groups (broad SMARTS) is 1. The highest BCUT2D eigenvalue weighted by Crippen LogP contribution is 2.16. The highest BCUT2D eigenvalue weighted by atomic mass is 16.5. The number of unbranched alkanes of at least 4 members (excludes halogenated alkanes) is 21. The summed E-state index contributed by atoms with van der Waals surface area (Å²) < 4.78 is 5.78. The van der Waals surface area contributed by atoms with E-state index in [4.69, 9.17) is 9.84 Å². The second kappa shape index (κ2) is 32.1. The molecular weight excluding hydrogens is 526 g/mol. The third-order valence-corrected chi connectivity index (χ3v) is 7.90. The molecule has 0 fully saturated rings. The number of hydrogen-bond acceptors (Lipinski definition) is 4. The first-order valence-electron chi connectivity index (χ1n) is 17.8. The molecule has 1 atom stereocenters. The first-order valence-corrected chi connectivity index (χ1v) is 17.8. The fourth-order valence-electron chi connectivity index (χ4n) is 5.26. The van der Waals surface area contributed by atoms with Gasteiger partial charge in [-0.1, -0.05) is 148 Å². The molecule has 0 heterocycles. The Balaban J connectivity index is 3.73. The molecule has 246 valence electrons. The number of nitrogens with one attached hydrogen (secondary N) is 1. The van der Waals surface area contributed by atoms with Crippen LogP contribution in [0.25, 0.3) is 0 Å². The molecule has 2 N–H and O–H groups in total. The van der Waals surface area contributed by atoms with E-state index in [0.29, 0.717) is 12.8 Å². The van der Waals surface area contributed by atoms with Gasteiger partial charge in [-0.05, 0) is 38.2 Å². The summed E-state index contributed by atoms with van der Waals surface area (Å²) in [6, 6.07) is 0. The Morgan fingerprint density at radius 1 is 0.619 bits per heavy atom. The molecule has 0 aromatic heterocycles. The maximum atomic E-state index is 12.4. The van der Waals surface area contributed by atoms with Gasteiger partial charge in [0.2, 0.25) is 5.91 Å². The van der Waals surface area contributed by atoms with Gasteiger partial charge < -0.3 is 15.2 Å². The highest BCUT2D eigenvalue weighted by molar-refractivity contribution is 5.80. The third-order valence-electron chi connectivity index (χ3n) is 7.90. The van der Waals surface area contributed by atoms with Gasteiger partial charge in [0.25, 0.3) is 0 Å². The number of esters is 1. The molecule has 0 bridgehead atoms. The Labute approximate surface area is 259 Å². The standard InChI is InChI=1S/C36H67NO5/c1-3-5-7-8-9-10-11-12-13-14-15-16-17-18-19-20-21-27-31-36(41)42-33(28-24-6-4-2)29-25-22-23-26-30-34(38)37-32-35(39)40/h24,28,33H,3-23,25-27,29-32H2,1-2H3,(H,37,38)(H,39,40)/b28-24-. The van der Waals surface area contributed by atoms with Crippen LogP contribution in [-0.4, -0.2) is 35.6 Å². The smallest absolute Gasteiger partial charge is 0.322 e. The maximum absolute atomic E-state index is 12.4. The van der Waals surface area contributed by atoms with Gasteiger partial charge in [0.05, 0.1) is 0 Å². The Morgan fingerprint density at radius 2 is 1.07 bits per heavy atom. The van der Waals surface area contributed by atoms with Crippen LogP contribution in [0.5, 0.6) is 0 Å². The predicted octanol–water partition coefficient (Wildman–Crippen LogP) is 10.2. The molecule has 0 saturated heterocycles. The van der Waals surface area contributed by atoms with Gasteiger partial charge in [0.1, 0.15) is 12.6 Å². The van der Waals surface area contributed by atoms with Crippen LogP contribution in [0.3, 0.4) is 0 Å². The Morgan fingerprint density at radius 3 is 1.55 bits per heavy atom. The van der Waals surface area contributed by atoms with E-state index in [0.717, 1.165) is 57.8 Å². The van der Waals surface area contributed by atoms with Crippen molar-refractivity contribution in [1.82, 2.24) is 5.32 Å². The Bertz CT molecular complexity index is 663. The van der Waals surface area contributed by atoms with E-state index in [1.54, 1.807) is 0 Å². The van der Waals surface area contributed by atoms with Crippen LogP contribution in [0.1, 0.15) is 187 Å². The van der Waals surface area contributed by atoms with Crippen molar-refractivity contribution in [2.45, 2.75) is 193 Å². The van der Waals surface area contributed by atoms with Crippen molar-refractivity contribution in [1.29, 1.82) is 0 Å². The summed E-state index contributed by atoms with van der Waals surface area (Å²) in [5.74, 6) is -1.33. The van der Waals surface area contributed by atoms with Gasteiger partial charge in [-0.3, -0.25) is 14.4 Å². The second-order valence-electron chi connectivity index (χ2n) is 12.1. The molecule has 0 saturated carbocycles. The van der Waals surface area contributed by atoms with Crippen molar-refractivity contribution in [3.05, 3.63) is 12.2 Å². The third kappa shape index (κ3) is 31.1. The van der Waals surface area contributed by atoms with E-state index in [-0.39, 0.29) is 24.5 Å². The summed E-state index contributed by atoms with van der Waals surface area (Å²) in [6.45, 7) is 4.09. The van der Waals surface area contributed by atoms with E-state index in [2.05, 4.69) is 25.2 Å². The number of amides is 1. The topological polar surface area (TPSA) is 92.7 Å². The highest BCUT2D eigenvalue weighted by Gasteiger charge is 2.12. The van der Waals surface area contributed by atoms with Crippen LogP contribution in [0, 0.1) is 0 Å². The van der Waals surface area contributed by atoms with Crippen molar-refractivity contribution in [3.63, 3.8) is 0 Å². The molecule has 0 aromatic carbocycles. The molecule has 42 heavy (non-hydrogen) atoms. The summed E-state index contributed by atoms with van der Waals surface area (Å²) in [7, 11) is 0. The average molecular weight is 594 g/mol. The average Bonchev–Trinajstić information content (AvgIpc) is 2.97. The monoisotopic (exact) mass is 594 g/mol. The van der Waals surface area contributed by atoms with Crippen molar-refractivity contribution in [2.24, 2.45) is 0 Å². The SMILES string of the molecule is CCC/C=C\C(CCCCCCC(=O)NCC(=O)O)OC(=O)CCCCCCCCCCCCCCCCCCCC. The predicted molar refractivity (Wildman–Crippen MR) is 176 cm³/mol. The maximum Gasteiger partial charge on any atom is 0.322 e. The first-order chi connectivity index (χ1) is 20.5. The minimum atomic E-state index is -1.03. The van der Waals surface area contributed by atoms with Crippen molar-refractivity contribution in [2.75, 3.05) is 6.54 Å². The molecule has 0 aliphatic carbocycles. The van der Waals surface area contributed by atoms with E-state index < -0.39 is 5.97 Å². The molecule has 0 spiro atoms. The molecular formula is C36H67NO5. The lowest BCUT2D eigenvalue weighted by molar-refractivity contribution is -0.147. The van der Waals surface area contributed by atoms with Crippen LogP contribution in [0.4, 0.5) is 0 Å². The summed E-state index contributed by atoms with van der Waals surface area (Å²) >= 11 is 0. The van der Waals surface area contributed by atoms with Crippen LogP contribution >= 0.6 is 0 Å². The summed E-state index contributed by atoms with van der Waals surface area (Å²) in [5, 5.41) is 11.0. The molecule has 1 unspecified atom stereocenters. The van der Waals surface area contributed by atoms with Crippen LogP contribution in [0.2, 0.25) is 0 Å². The first kappa shape index (κ1) is 40.1. The molecule has 0 aliphatic heterocycles. The van der Waals surface area contributed by atoms with Crippen molar-refractivity contribution < 1.29 is 24.2 Å². The van der Waals surface area contributed by atoms with E-state index in [1.807, 2.05) is 6.08 Å². The van der Waals surface area contributed by atoms with Gasteiger partial charge in [-0.15, -0.1) is 0 Å².